The van der Waals surface area contributed by atoms with Crippen LogP contribution in [0, 0.1) is 6.92 Å². The lowest BCUT2D eigenvalue weighted by atomic mass is 10.1. The maximum atomic E-state index is 12.8. The van der Waals surface area contributed by atoms with E-state index in [0.29, 0.717) is 37.4 Å². The van der Waals surface area contributed by atoms with Crippen LogP contribution in [-0.2, 0) is 10.0 Å². The number of amides is 1. The quantitative estimate of drug-likeness (QED) is 0.696. The molecule has 1 N–H and O–H groups in total. The SMILES string of the molecule is Cc1cc(N2CCN(C(=O)c3ccc(NS(C)(=O)=O)cc3)CC2)nc2ccccc12. The second-order valence-corrected chi connectivity index (χ2v) is 9.29. The minimum Gasteiger partial charge on any atom is -0.353 e. The van der Waals surface area contributed by atoms with Gasteiger partial charge >= 0.3 is 0 Å². The fraction of sp³-hybridized carbons (Fsp3) is 0.273. The van der Waals surface area contributed by atoms with Crippen molar-refractivity contribution >= 4 is 38.3 Å². The predicted octanol–water partition coefficient (Wildman–Crippen LogP) is 2.88. The summed E-state index contributed by atoms with van der Waals surface area (Å²) in [5.74, 6) is 0.887. The molecule has 4 rings (SSSR count). The summed E-state index contributed by atoms with van der Waals surface area (Å²) in [6.07, 6.45) is 1.09. The molecule has 7 nitrogen and oxygen atoms in total. The van der Waals surface area contributed by atoms with E-state index in [2.05, 4.69) is 28.7 Å². The van der Waals surface area contributed by atoms with Crippen LogP contribution >= 0.6 is 0 Å². The van der Waals surface area contributed by atoms with Gasteiger partial charge in [0, 0.05) is 42.8 Å². The molecule has 2 aromatic carbocycles. The number of anilines is 2. The third kappa shape index (κ3) is 4.38. The summed E-state index contributed by atoms with van der Waals surface area (Å²) in [5.41, 5.74) is 3.16. The highest BCUT2D eigenvalue weighted by Gasteiger charge is 2.23. The molecule has 1 fully saturated rings. The highest BCUT2D eigenvalue weighted by Crippen LogP contribution is 2.23. The number of hydrogen-bond acceptors (Lipinski definition) is 5. The lowest BCUT2D eigenvalue weighted by Crippen LogP contribution is -2.49. The first-order valence-corrected chi connectivity index (χ1v) is 11.7. The number of carbonyl (C=O) groups is 1. The number of nitrogens with zero attached hydrogens (tertiary/aromatic N) is 3. The van der Waals surface area contributed by atoms with Gasteiger partial charge in [-0.05, 0) is 48.9 Å². The van der Waals surface area contributed by atoms with Gasteiger partial charge in [-0.3, -0.25) is 9.52 Å². The number of fused-ring (bicyclic) bond motifs is 1. The highest BCUT2D eigenvalue weighted by atomic mass is 32.2. The Bertz CT molecular complexity index is 1180. The van der Waals surface area contributed by atoms with E-state index >= 15 is 0 Å². The summed E-state index contributed by atoms with van der Waals surface area (Å²) in [7, 11) is -3.34. The number of sulfonamides is 1. The average Bonchev–Trinajstić information content (AvgIpc) is 2.73. The summed E-state index contributed by atoms with van der Waals surface area (Å²) in [6.45, 7) is 4.73. The molecule has 0 bridgehead atoms. The van der Waals surface area contributed by atoms with Crippen LogP contribution in [0.1, 0.15) is 15.9 Å². The van der Waals surface area contributed by atoms with Gasteiger partial charge in [0.1, 0.15) is 5.82 Å². The Morgan fingerprint density at radius 2 is 1.67 bits per heavy atom. The first-order chi connectivity index (χ1) is 14.3. The fourth-order valence-corrected chi connectivity index (χ4v) is 4.27. The molecule has 8 heteroatoms. The lowest BCUT2D eigenvalue weighted by Gasteiger charge is -2.35. The van der Waals surface area contributed by atoms with E-state index in [1.165, 1.54) is 5.56 Å². The number of pyridine rings is 1. The predicted molar refractivity (Wildman–Crippen MR) is 120 cm³/mol. The van der Waals surface area contributed by atoms with Gasteiger partial charge in [0.05, 0.1) is 11.8 Å². The Labute approximate surface area is 176 Å². The molecule has 1 aliphatic heterocycles. The van der Waals surface area contributed by atoms with Crippen LogP contribution < -0.4 is 9.62 Å². The van der Waals surface area contributed by atoms with Crippen molar-refractivity contribution in [3.63, 3.8) is 0 Å². The maximum absolute atomic E-state index is 12.8. The van der Waals surface area contributed by atoms with Crippen LogP contribution in [0.4, 0.5) is 11.5 Å². The Kier molecular flexibility index (Phi) is 5.34. The zero-order valence-electron chi connectivity index (χ0n) is 17.0. The third-order valence-electron chi connectivity index (χ3n) is 5.24. The molecule has 0 radical (unpaired) electrons. The standard InChI is InChI=1S/C22H24N4O3S/c1-16-15-21(23-20-6-4-3-5-19(16)20)25-11-13-26(14-12-25)22(27)17-7-9-18(10-8-17)24-30(2,28)29/h3-10,15,24H,11-14H2,1-2H3. The van der Waals surface area contributed by atoms with Gasteiger partial charge in [0.2, 0.25) is 10.0 Å². The minimum absolute atomic E-state index is 0.0526. The summed E-state index contributed by atoms with van der Waals surface area (Å²) < 4.78 is 25.0. The van der Waals surface area contributed by atoms with Crippen LogP contribution in [0.5, 0.6) is 0 Å². The summed E-state index contributed by atoms with van der Waals surface area (Å²) in [4.78, 5) is 21.6. The summed E-state index contributed by atoms with van der Waals surface area (Å²) >= 11 is 0. The first kappa shape index (κ1) is 20.2. The van der Waals surface area contributed by atoms with E-state index in [-0.39, 0.29) is 5.91 Å². The summed E-state index contributed by atoms with van der Waals surface area (Å²) in [5, 5.41) is 1.16. The monoisotopic (exact) mass is 424 g/mol. The Hall–Kier alpha value is -3.13. The van der Waals surface area contributed by atoms with Gasteiger partial charge in [-0.2, -0.15) is 0 Å². The van der Waals surface area contributed by atoms with Crippen LogP contribution in [0.15, 0.2) is 54.6 Å². The normalized spacial score (nSPS) is 14.7. The molecule has 2 heterocycles. The van der Waals surface area contributed by atoms with Crippen molar-refractivity contribution in [2.75, 3.05) is 42.1 Å². The zero-order chi connectivity index (χ0) is 21.3. The van der Waals surface area contributed by atoms with Crippen molar-refractivity contribution in [1.82, 2.24) is 9.88 Å². The number of hydrogen-bond donors (Lipinski definition) is 1. The van der Waals surface area contributed by atoms with Crippen LogP contribution in [0.25, 0.3) is 10.9 Å². The van der Waals surface area contributed by atoms with Gasteiger partial charge in [0.15, 0.2) is 0 Å². The Morgan fingerprint density at radius 1 is 1.00 bits per heavy atom. The molecule has 0 spiro atoms. The molecule has 1 saturated heterocycles. The van der Waals surface area contributed by atoms with Crippen molar-refractivity contribution < 1.29 is 13.2 Å². The molecule has 0 aliphatic carbocycles. The van der Waals surface area contributed by atoms with Crippen molar-refractivity contribution in [3.05, 3.63) is 65.7 Å². The van der Waals surface area contributed by atoms with Gasteiger partial charge in [0.25, 0.3) is 5.91 Å². The molecule has 30 heavy (non-hydrogen) atoms. The van der Waals surface area contributed by atoms with Gasteiger partial charge in [-0.25, -0.2) is 13.4 Å². The maximum Gasteiger partial charge on any atom is 0.253 e. The molecular weight excluding hydrogens is 400 g/mol. The zero-order valence-corrected chi connectivity index (χ0v) is 17.8. The number of rotatable bonds is 4. The molecule has 1 aromatic heterocycles. The fourth-order valence-electron chi connectivity index (χ4n) is 3.71. The number of piperazine rings is 1. The van der Waals surface area contributed by atoms with Crippen LogP contribution in [0.2, 0.25) is 0 Å². The highest BCUT2D eigenvalue weighted by molar-refractivity contribution is 7.92. The largest absolute Gasteiger partial charge is 0.353 e. The molecule has 1 amide bonds. The number of aromatic nitrogens is 1. The molecule has 0 unspecified atom stereocenters. The van der Waals surface area contributed by atoms with Crippen molar-refractivity contribution in [2.45, 2.75) is 6.92 Å². The van der Waals surface area contributed by atoms with E-state index < -0.39 is 10.0 Å². The molecule has 0 atom stereocenters. The topological polar surface area (TPSA) is 82.6 Å². The van der Waals surface area contributed by atoms with Crippen molar-refractivity contribution in [3.8, 4) is 0 Å². The first-order valence-electron chi connectivity index (χ1n) is 9.79. The lowest BCUT2D eigenvalue weighted by molar-refractivity contribution is 0.0746. The number of para-hydroxylation sites is 1. The minimum atomic E-state index is -3.34. The number of aryl methyl sites for hydroxylation is 1. The summed E-state index contributed by atoms with van der Waals surface area (Å²) in [6, 6.07) is 16.7. The Balaban J connectivity index is 1.42. The molecular formula is C22H24N4O3S. The average molecular weight is 425 g/mol. The molecule has 3 aromatic rings. The van der Waals surface area contributed by atoms with Gasteiger partial charge < -0.3 is 9.80 Å². The van der Waals surface area contributed by atoms with E-state index in [0.717, 1.165) is 23.0 Å². The second-order valence-electron chi connectivity index (χ2n) is 7.55. The number of benzene rings is 2. The molecule has 156 valence electrons. The Morgan fingerprint density at radius 3 is 2.33 bits per heavy atom. The van der Waals surface area contributed by atoms with E-state index in [1.54, 1.807) is 24.3 Å². The molecule has 1 aliphatic rings. The smallest absolute Gasteiger partial charge is 0.253 e. The van der Waals surface area contributed by atoms with E-state index in [1.807, 2.05) is 23.1 Å². The number of carbonyl (C=O) groups excluding carboxylic acids is 1. The van der Waals surface area contributed by atoms with Crippen LogP contribution in [-0.4, -0.2) is 56.6 Å². The van der Waals surface area contributed by atoms with Crippen molar-refractivity contribution in [1.29, 1.82) is 0 Å². The van der Waals surface area contributed by atoms with Crippen LogP contribution in [0.3, 0.4) is 0 Å². The third-order valence-corrected chi connectivity index (χ3v) is 5.84. The van der Waals surface area contributed by atoms with E-state index in [4.69, 9.17) is 4.98 Å². The van der Waals surface area contributed by atoms with E-state index in [9.17, 15) is 13.2 Å². The van der Waals surface area contributed by atoms with Gasteiger partial charge in [-0.1, -0.05) is 18.2 Å². The second kappa shape index (κ2) is 7.95. The van der Waals surface area contributed by atoms with Gasteiger partial charge in [-0.15, -0.1) is 0 Å². The molecule has 0 saturated carbocycles. The number of nitrogens with one attached hydrogen (secondary N) is 1. The van der Waals surface area contributed by atoms with Crippen molar-refractivity contribution in [2.24, 2.45) is 0 Å².